The van der Waals surface area contributed by atoms with Gasteiger partial charge in [-0.25, -0.2) is 4.98 Å². The number of hydrogen-bond donors (Lipinski definition) is 1. The SMILES string of the molecule is CCOc1ccc(NCc2cc(C)sc2C)cn1. The summed E-state index contributed by atoms with van der Waals surface area (Å²) in [6, 6.07) is 6.11. The van der Waals surface area contributed by atoms with Crippen LogP contribution in [0.5, 0.6) is 5.88 Å². The second-order valence-corrected chi connectivity index (χ2v) is 5.57. The van der Waals surface area contributed by atoms with E-state index in [0.717, 1.165) is 12.2 Å². The predicted octanol–water partition coefficient (Wildman–Crippen LogP) is 3.77. The molecular weight excluding hydrogens is 244 g/mol. The first kappa shape index (κ1) is 12.9. The van der Waals surface area contributed by atoms with Crippen LogP contribution in [0.4, 0.5) is 5.69 Å². The lowest BCUT2D eigenvalue weighted by Gasteiger charge is -2.07. The van der Waals surface area contributed by atoms with Crippen LogP contribution in [0.3, 0.4) is 0 Å². The Kier molecular flexibility index (Phi) is 4.20. The molecule has 3 nitrogen and oxygen atoms in total. The normalized spacial score (nSPS) is 10.4. The van der Waals surface area contributed by atoms with Gasteiger partial charge in [0.05, 0.1) is 18.5 Å². The molecule has 0 atom stereocenters. The second-order valence-electron chi connectivity index (χ2n) is 4.11. The molecule has 2 aromatic heterocycles. The van der Waals surface area contributed by atoms with Gasteiger partial charge in [0.15, 0.2) is 0 Å². The Morgan fingerprint density at radius 2 is 2.17 bits per heavy atom. The molecule has 0 fully saturated rings. The molecule has 0 aliphatic rings. The van der Waals surface area contributed by atoms with E-state index in [1.165, 1.54) is 15.3 Å². The molecular formula is C14H18N2OS. The topological polar surface area (TPSA) is 34.1 Å². The fourth-order valence-corrected chi connectivity index (χ4v) is 2.72. The maximum Gasteiger partial charge on any atom is 0.213 e. The smallest absolute Gasteiger partial charge is 0.213 e. The zero-order valence-corrected chi connectivity index (χ0v) is 11.8. The molecule has 2 heterocycles. The van der Waals surface area contributed by atoms with Gasteiger partial charge in [-0.1, -0.05) is 0 Å². The van der Waals surface area contributed by atoms with Crippen LogP contribution in [-0.4, -0.2) is 11.6 Å². The molecule has 96 valence electrons. The van der Waals surface area contributed by atoms with Crippen molar-refractivity contribution in [3.63, 3.8) is 0 Å². The molecule has 0 radical (unpaired) electrons. The van der Waals surface area contributed by atoms with Crippen LogP contribution in [-0.2, 0) is 6.54 Å². The number of nitrogens with zero attached hydrogens (tertiary/aromatic N) is 1. The van der Waals surface area contributed by atoms with Gasteiger partial charge in [0.25, 0.3) is 0 Å². The molecule has 0 aromatic carbocycles. The molecule has 18 heavy (non-hydrogen) atoms. The van der Waals surface area contributed by atoms with E-state index in [-0.39, 0.29) is 0 Å². The average Bonchev–Trinajstić information content (AvgIpc) is 2.67. The van der Waals surface area contributed by atoms with Gasteiger partial charge in [-0.2, -0.15) is 0 Å². The third kappa shape index (κ3) is 3.23. The number of nitrogens with one attached hydrogen (secondary N) is 1. The highest BCUT2D eigenvalue weighted by atomic mass is 32.1. The summed E-state index contributed by atoms with van der Waals surface area (Å²) in [6.45, 7) is 7.74. The Balaban J connectivity index is 1.95. The Hall–Kier alpha value is -1.55. The van der Waals surface area contributed by atoms with E-state index < -0.39 is 0 Å². The Morgan fingerprint density at radius 1 is 1.33 bits per heavy atom. The van der Waals surface area contributed by atoms with E-state index in [1.807, 2.05) is 30.4 Å². The lowest BCUT2D eigenvalue weighted by atomic mass is 10.2. The molecule has 2 aromatic rings. The number of rotatable bonds is 5. The zero-order chi connectivity index (χ0) is 13.0. The Morgan fingerprint density at radius 3 is 2.72 bits per heavy atom. The van der Waals surface area contributed by atoms with Crippen LogP contribution in [0.1, 0.15) is 22.2 Å². The van der Waals surface area contributed by atoms with Crippen molar-refractivity contribution in [2.24, 2.45) is 0 Å². The van der Waals surface area contributed by atoms with Crippen molar-refractivity contribution in [3.05, 3.63) is 39.7 Å². The average molecular weight is 262 g/mol. The molecule has 0 bridgehead atoms. The first-order valence-electron chi connectivity index (χ1n) is 6.07. The molecule has 4 heteroatoms. The highest BCUT2D eigenvalue weighted by molar-refractivity contribution is 7.12. The van der Waals surface area contributed by atoms with Gasteiger partial charge >= 0.3 is 0 Å². The molecule has 0 aliphatic heterocycles. The zero-order valence-electron chi connectivity index (χ0n) is 11.0. The summed E-state index contributed by atoms with van der Waals surface area (Å²) in [7, 11) is 0. The van der Waals surface area contributed by atoms with Gasteiger partial charge in [0, 0.05) is 22.4 Å². The minimum absolute atomic E-state index is 0.646. The molecule has 1 N–H and O–H groups in total. The van der Waals surface area contributed by atoms with E-state index >= 15 is 0 Å². The van der Waals surface area contributed by atoms with Gasteiger partial charge in [-0.05, 0) is 38.5 Å². The number of ether oxygens (including phenoxy) is 1. The number of aryl methyl sites for hydroxylation is 2. The highest BCUT2D eigenvalue weighted by Crippen LogP contribution is 2.21. The predicted molar refractivity (Wildman–Crippen MR) is 76.5 cm³/mol. The van der Waals surface area contributed by atoms with Gasteiger partial charge in [0.2, 0.25) is 5.88 Å². The summed E-state index contributed by atoms with van der Waals surface area (Å²) < 4.78 is 5.31. The van der Waals surface area contributed by atoms with E-state index in [0.29, 0.717) is 12.5 Å². The number of pyridine rings is 1. The van der Waals surface area contributed by atoms with Gasteiger partial charge in [-0.3, -0.25) is 0 Å². The molecule has 0 spiro atoms. The van der Waals surface area contributed by atoms with E-state index in [9.17, 15) is 0 Å². The third-order valence-electron chi connectivity index (χ3n) is 2.66. The summed E-state index contributed by atoms with van der Waals surface area (Å²) in [5, 5.41) is 3.37. The number of hydrogen-bond acceptors (Lipinski definition) is 4. The first-order valence-corrected chi connectivity index (χ1v) is 6.89. The van der Waals surface area contributed by atoms with E-state index in [2.05, 4.69) is 30.2 Å². The summed E-state index contributed by atoms with van der Waals surface area (Å²) in [5.74, 6) is 0.672. The second kappa shape index (κ2) is 5.87. The van der Waals surface area contributed by atoms with Crippen LogP contribution in [0.2, 0.25) is 0 Å². The van der Waals surface area contributed by atoms with Crippen LogP contribution < -0.4 is 10.1 Å². The van der Waals surface area contributed by atoms with Crippen molar-refractivity contribution in [3.8, 4) is 5.88 Å². The maximum absolute atomic E-state index is 5.31. The molecule has 0 unspecified atom stereocenters. The van der Waals surface area contributed by atoms with Gasteiger partial charge < -0.3 is 10.1 Å². The van der Waals surface area contributed by atoms with Crippen LogP contribution in [0.25, 0.3) is 0 Å². The van der Waals surface area contributed by atoms with Gasteiger partial charge in [-0.15, -0.1) is 11.3 Å². The first-order chi connectivity index (χ1) is 8.69. The molecule has 2 rings (SSSR count). The van der Waals surface area contributed by atoms with E-state index in [1.54, 1.807) is 6.20 Å². The summed E-state index contributed by atoms with van der Waals surface area (Å²) >= 11 is 1.84. The molecule has 0 amide bonds. The number of anilines is 1. The largest absolute Gasteiger partial charge is 0.478 e. The molecule has 0 saturated heterocycles. The van der Waals surface area contributed by atoms with Crippen molar-refractivity contribution in [1.29, 1.82) is 0 Å². The van der Waals surface area contributed by atoms with Crippen molar-refractivity contribution in [2.75, 3.05) is 11.9 Å². The quantitative estimate of drug-likeness (QED) is 0.890. The standard InChI is InChI=1S/C14H18N2OS/c1-4-17-14-6-5-13(9-16-14)15-8-12-7-10(2)18-11(12)3/h5-7,9,15H,4,8H2,1-3H3. The third-order valence-corrected chi connectivity index (χ3v) is 3.66. The monoisotopic (exact) mass is 262 g/mol. The Labute approximate surface area is 112 Å². The minimum Gasteiger partial charge on any atom is -0.478 e. The fourth-order valence-electron chi connectivity index (χ4n) is 1.77. The number of thiophene rings is 1. The molecule has 0 aliphatic carbocycles. The van der Waals surface area contributed by atoms with Crippen molar-refractivity contribution < 1.29 is 4.74 Å². The van der Waals surface area contributed by atoms with Crippen molar-refractivity contribution in [1.82, 2.24) is 4.98 Å². The highest BCUT2D eigenvalue weighted by Gasteiger charge is 2.02. The van der Waals surface area contributed by atoms with Crippen LogP contribution in [0, 0.1) is 13.8 Å². The summed E-state index contributed by atoms with van der Waals surface area (Å²) in [4.78, 5) is 6.96. The lowest BCUT2D eigenvalue weighted by Crippen LogP contribution is -2.00. The summed E-state index contributed by atoms with van der Waals surface area (Å²) in [6.07, 6.45) is 1.81. The minimum atomic E-state index is 0.646. The Bertz CT molecular complexity index is 505. The fraction of sp³-hybridized carbons (Fsp3) is 0.357. The number of aromatic nitrogens is 1. The van der Waals surface area contributed by atoms with Crippen molar-refractivity contribution >= 4 is 17.0 Å². The summed E-state index contributed by atoms with van der Waals surface area (Å²) in [5.41, 5.74) is 2.37. The van der Waals surface area contributed by atoms with E-state index in [4.69, 9.17) is 4.74 Å². The molecule has 0 saturated carbocycles. The van der Waals surface area contributed by atoms with Gasteiger partial charge in [0.1, 0.15) is 0 Å². The lowest BCUT2D eigenvalue weighted by molar-refractivity contribution is 0.327. The van der Waals surface area contributed by atoms with Crippen LogP contribution in [0.15, 0.2) is 24.4 Å². The van der Waals surface area contributed by atoms with Crippen LogP contribution >= 0.6 is 11.3 Å². The maximum atomic E-state index is 5.31. The van der Waals surface area contributed by atoms with Crippen molar-refractivity contribution in [2.45, 2.75) is 27.3 Å².